The summed E-state index contributed by atoms with van der Waals surface area (Å²) in [4.78, 5) is 4.24. The molecule has 0 saturated carbocycles. The van der Waals surface area contributed by atoms with Gasteiger partial charge in [0, 0.05) is 24.8 Å². The van der Waals surface area contributed by atoms with Gasteiger partial charge in [0.15, 0.2) is 0 Å². The number of rotatable bonds is 4. The van der Waals surface area contributed by atoms with E-state index in [0.29, 0.717) is 12.1 Å². The standard InChI is InChI=1S/C14H15FN2O/c1-10(14-4-2-3-5-16-14)17-9-11-6-12(15)8-13(18)7-11/h2-8,10,17-18H,9H2,1H3. The van der Waals surface area contributed by atoms with E-state index in [2.05, 4.69) is 10.3 Å². The lowest BCUT2D eigenvalue weighted by molar-refractivity contribution is 0.466. The van der Waals surface area contributed by atoms with Crippen LogP contribution < -0.4 is 5.32 Å². The van der Waals surface area contributed by atoms with Crippen molar-refractivity contribution in [2.45, 2.75) is 19.5 Å². The third-order valence-corrected chi connectivity index (χ3v) is 2.69. The summed E-state index contributed by atoms with van der Waals surface area (Å²) in [6, 6.07) is 9.82. The summed E-state index contributed by atoms with van der Waals surface area (Å²) in [5.74, 6) is -0.491. The maximum absolute atomic E-state index is 13.1. The Bertz CT molecular complexity index is 496. The zero-order chi connectivity index (χ0) is 13.0. The van der Waals surface area contributed by atoms with Crippen LogP contribution in [0.3, 0.4) is 0 Å². The largest absolute Gasteiger partial charge is 0.508 e. The second-order valence-electron chi connectivity index (χ2n) is 4.17. The van der Waals surface area contributed by atoms with Crippen LogP contribution in [0.15, 0.2) is 42.6 Å². The van der Waals surface area contributed by atoms with Crippen LogP contribution in [0, 0.1) is 5.82 Å². The second-order valence-corrected chi connectivity index (χ2v) is 4.17. The van der Waals surface area contributed by atoms with Gasteiger partial charge in [-0.15, -0.1) is 0 Å². The molecule has 1 aromatic heterocycles. The van der Waals surface area contributed by atoms with Crippen molar-refractivity contribution in [3.05, 3.63) is 59.7 Å². The minimum Gasteiger partial charge on any atom is -0.508 e. The molecule has 0 aliphatic rings. The Labute approximate surface area is 105 Å². The lowest BCUT2D eigenvalue weighted by Crippen LogP contribution is -2.19. The van der Waals surface area contributed by atoms with E-state index in [1.807, 2.05) is 25.1 Å². The van der Waals surface area contributed by atoms with Crippen LogP contribution in [-0.2, 0) is 6.54 Å². The Morgan fingerprint density at radius 3 is 2.83 bits per heavy atom. The second kappa shape index (κ2) is 5.60. The lowest BCUT2D eigenvalue weighted by Gasteiger charge is -2.13. The van der Waals surface area contributed by atoms with Crippen molar-refractivity contribution in [1.82, 2.24) is 10.3 Å². The molecule has 0 bridgehead atoms. The van der Waals surface area contributed by atoms with Crippen LogP contribution >= 0.6 is 0 Å². The van der Waals surface area contributed by atoms with Gasteiger partial charge in [0.2, 0.25) is 0 Å². The quantitative estimate of drug-likeness (QED) is 0.872. The van der Waals surface area contributed by atoms with E-state index in [1.165, 1.54) is 6.07 Å². The summed E-state index contributed by atoms with van der Waals surface area (Å²) in [7, 11) is 0. The van der Waals surface area contributed by atoms with E-state index in [9.17, 15) is 9.50 Å². The number of phenols is 1. The van der Waals surface area contributed by atoms with Gasteiger partial charge >= 0.3 is 0 Å². The van der Waals surface area contributed by atoms with E-state index in [4.69, 9.17) is 0 Å². The SMILES string of the molecule is CC(NCc1cc(O)cc(F)c1)c1ccccn1. The van der Waals surface area contributed by atoms with Crippen LogP contribution in [0.2, 0.25) is 0 Å². The average Bonchev–Trinajstić information content (AvgIpc) is 2.36. The minimum atomic E-state index is -0.433. The fourth-order valence-corrected chi connectivity index (χ4v) is 1.74. The molecule has 94 valence electrons. The predicted molar refractivity (Wildman–Crippen MR) is 67.6 cm³/mol. The Kier molecular flexibility index (Phi) is 3.89. The number of pyridine rings is 1. The van der Waals surface area contributed by atoms with Gasteiger partial charge in [0.1, 0.15) is 11.6 Å². The van der Waals surface area contributed by atoms with Gasteiger partial charge in [-0.1, -0.05) is 6.07 Å². The molecule has 1 unspecified atom stereocenters. The van der Waals surface area contributed by atoms with Crippen molar-refractivity contribution in [2.24, 2.45) is 0 Å². The number of nitrogens with one attached hydrogen (secondary N) is 1. The fourth-order valence-electron chi connectivity index (χ4n) is 1.74. The van der Waals surface area contributed by atoms with E-state index < -0.39 is 5.82 Å². The normalized spacial score (nSPS) is 12.3. The number of hydrogen-bond acceptors (Lipinski definition) is 3. The molecular weight excluding hydrogens is 231 g/mol. The zero-order valence-electron chi connectivity index (χ0n) is 10.1. The predicted octanol–water partition coefficient (Wildman–Crippen LogP) is 2.78. The number of benzene rings is 1. The summed E-state index contributed by atoms with van der Waals surface area (Å²) < 4.78 is 13.1. The molecule has 3 nitrogen and oxygen atoms in total. The smallest absolute Gasteiger partial charge is 0.127 e. The molecule has 0 spiro atoms. The molecule has 1 aromatic carbocycles. The van der Waals surface area contributed by atoms with Crippen molar-refractivity contribution in [3.8, 4) is 5.75 Å². The van der Waals surface area contributed by atoms with Crippen LogP contribution in [0.25, 0.3) is 0 Å². The Morgan fingerprint density at radius 2 is 2.17 bits per heavy atom. The topological polar surface area (TPSA) is 45.1 Å². The van der Waals surface area contributed by atoms with Crippen molar-refractivity contribution < 1.29 is 9.50 Å². The molecule has 1 atom stereocenters. The molecule has 2 N–H and O–H groups in total. The highest BCUT2D eigenvalue weighted by atomic mass is 19.1. The Morgan fingerprint density at radius 1 is 1.33 bits per heavy atom. The number of hydrogen-bond donors (Lipinski definition) is 2. The molecule has 0 saturated heterocycles. The highest BCUT2D eigenvalue weighted by molar-refractivity contribution is 5.28. The molecule has 2 aromatic rings. The molecule has 2 rings (SSSR count). The molecular formula is C14H15FN2O. The molecule has 4 heteroatoms. The third kappa shape index (κ3) is 3.28. The van der Waals surface area contributed by atoms with Gasteiger partial charge in [0.05, 0.1) is 5.69 Å². The number of aromatic nitrogens is 1. The highest BCUT2D eigenvalue weighted by Gasteiger charge is 2.06. The zero-order valence-corrected chi connectivity index (χ0v) is 10.1. The van der Waals surface area contributed by atoms with Crippen molar-refractivity contribution in [3.63, 3.8) is 0 Å². The first-order valence-corrected chi connectivity index (χ1v) is 5.78. The van der Waals surface area contributed by atoms with Crippen LogP contribution in [0.4, 0.5) is 4.39 Å². The monoisotopic (exact) mass is 246 g/mol. The summed E-state index contributed by atoms with van der Waals surface area (Å²) in [5.41, 5.74) is 1.63. The van der Waals surface area contributed by atoms with Crippen LogP contribution in [-0.4, -0.2) is 10.1 Å². The van der Waals surface area contributed by atoms with Gasteiger partial charge < -0.3 is 10.4 Å². The van der Waals surface area contributed by atoms with Crippen molar-refractivity contribution in [2.75, 3.05) is 0 Å². The molecule has 0 radical (unpaired) electrons. The summed E-state index contributed by atoms with van der Waals surface area (Å²) in [6.45, 7) is 2.46. The molecule has 1 heterocycles. The number of aromatic hydroxyl groups is 1. The van der Waals surface area contributed by atoms with E-state index in [0.717, 1.165) is 11.8 Å². The first kappa shape index (κ1) is 12.5. The lowest BCUT2D eigenvalue weighted by atomic mass is 10.1. The first-order valence-electron chi connectivity index (χ1n) is 5.78. The Hall–Kier alpha value is -1.94. The molecule has 0 fully saturated rings. The number of phenolic OH excluding ortho intramolecular Hbond substituents is 1. The first-order chi connectivity index (χ1) is 8.65. The minimum absolute atomic E-state index is 0.0581. The van der Waals surface area contributed by atoms with Gasteiger partial charge in [-0.05, 0) is 36.8 Å². The summed E-state index contributed by atoms with van der Waals surface area (Å²) in [5, 5.41) is 12.5. The fraction of sp³-hybridized carbons (Fsp3) is 0.214. The van der Waals surface area contributed by atoms with Gasteiger partial charge in [-0.25, -0.2) is 4.39 Å². The third-order valence-electron chi connectivity index (χ3n) is 2.69. The maximum atomic E-state index is 13.1. The molecule has 18 heavy (non-hydrogen) atoms. The number of halogens is 1. The molecule has 0 aliphatic heterocycles. The Balaban J connectivity index is 1.99. The molecule has 0 aliphatic carbocycles. The van der Waals surface area contributed by atoms with E-state index in [-0.39, 0.29) is 11.8 Å². The molecule has 0 amide bonds. The van der Waals surface area contributed by atoms with E-state index in [1.54, 1.807) is 12.3 Å². The summed E-state index contributed by atoms with van der Waals surface area (Å²) in [6.07, 6.45) is 1.74. The van der Waals surface area contributed by atoms with Gasteiger partial charge in [-0.3, -0.25) is 4.98 Å². The number of nitrogens with zero attached hydrogens (tertiary/aromatic N) is 1. The van der Waals surface area contributed by atoms with Crippen LogP contribution in [0.5, 0.6) is 5.75 Å². The van der Waals surface area contributed by atoms with Crippen molar-refractivity contribution in [1.29, 1.82) is 0 Å². The highest BCUT2D eigenvalue weighted by Crippen LogP contribution is 2.16. The maximum Gasteiger partial charge on any atom is 0.127 e. The van der Waals surface area contributed by atoms with Crippen LogP contribution in [0.1, 0.15) is 24.2 Å². The average molecular weight is 246 g/mol. The van der Waals surface area contributed by atoms with Gasteiger partial charge in [0.25, 0.3) is 0 Å². The van der Waals surface area contributed by atoms with Crippen molar-refractivity contribution >= 4 is 0 Å². The van der Waals surface area contributed by atoms with E-state index >= 15 is 0 Å². The summed E-state index contributed by atoms with van der Waals surface area (Å²) >= 11 is 0. The van der Waals surface area contributed by atoms with Gasteiger partial charge in [-0.2, -0.15) is 0 Å².